The van der Waals surface area contributed by atoms with Gasteiger partial charge in [-0.1, -0.05) is 6.07 Å². The number of halogens is 3. The van der Waals surface area contributed by atoms with Gasteiger partial charge in [0.2, 0.25) is 0 Å². The van der Waals surface area contributed by atoms with Crippen molar-refractivity contribution < 1.29 is 13.2 Å². The highest BCUT2D eigenvalue weighted by Crippen LogP contribution is 2.33. The number of nitriles is 1. The maximum Gasteiger partial charge on any atom is 0.416 e. The standard InChI is InChI=1S/C15H12F3N3/c1-9-2-3-11(15(16,17)18)7-14(9)21-13-5-4-12(20)6-10(13)8-19/h2-7,21H,20H2,1H3. The highest BCUT2D eigenvalue weighted by Gasteiger charge is 2.30. The van der Waals surface area contributed by atoms with E-state index in [0.29, 0.717) is 22.6 Å². The summed E-state index contributed by atoms with van der Waals surface area (Å²) in [6, 6.07) is 9.99. The van der Waals surface area contributed by atoms with E-state index in [2.05, 4.69) is 5.32 Å². The average molecular weight is 291 g/mol. The second kappa shape index (κ2) is 5.37. The predicted octanol–water partition coefficient (Wildman–Crippen LogP) is 4.21. The van der Waals surface area contributed by atoms with Crippen molar-refractivity contribution in [1.82, 2.24) is 0 Å². The van der Waals surface area contributed by atoms with Crippen molar-refractivity contribution in [2.24, 2.45) is 0 Å². The van der Waals surface area contributed by atoms with Gasteiger partial charge in [0, 0.05) is 11.4 Å². The zero-order valence-corrected chi connectivity index (χ0v) is 11.1. The maximum absolute atomic E-state index is 12.7. The first-order valence-corrected chi connectivity index (χ1v) is 6.06. The third-order valence-electron chi connectivity index (χ3n) is 3.00. The van der Waals surface area contributed by atoms with E-state index in [0.717, 1.165) is 12.1 Å². The molecule has 0 aliphatic rings. The van der Waals surface area contributed by atoms with Crippen molar-refractivity contribution >= 4 is 17.1 Å². The van der Waals surface area contributed by atoms with E-state index in [-0.39, 0.29) is 5.56 Å². The van der Waals surface area contributed by atoms with E-state index in [9.17, 15) is 13.2 Å². The van der Waals surface area contributed by atoms with Crippen molar-refractivity contribution in [3.63, 3.8) is 0 Å². The molecule has 0 heterocycles. The molecule has 0 aliphatic carbocycles. The van der Waals surface area contributed by atoms with Crippen molar-refractivity contribution in [3.8, 4) is 6.07 Å². The summed E-state index contributed by atoms with van der Waals surface area (Å²) in [6.07, 6.45) is -4.41. The smallest absolute Gasteiger partial charge is 0.399 e. The normalized spacial score (nSPS) is 11.0. The summed E-state index contributed by atoms with van der Waals surface area (Å²) >= 11 is 0. The molecule has 0 unspecified atom stereocenters. The molecule has 2 aromatic rings. The van der Waals surface area contributed by atoms with Crippen molar-refractivity contribution in [1.29, 1.82) is 5.26 Å². The molecule has 3 N–H and O–H groups in total. The lowest BCUT2D eigenvalue weighted by Crippen LogP contribution is -2.06. The molecule has 0 radical (unpaired) electrons. The maximum atomic E-state index is 12.7. The molecular formula is C15H12F3N3. The summed E-state index contributed by atoms with van der Waals surface area (Å²) in [6.45, 7) is 1.69. The molecule has 6 heteroatoms. The molecule has 0 amide bonds. The first kappa shape index (κ1) is 14.7. The number of hydrogen-bond acceptors (Lipinski definition) is 3. The Bertz CT molecular complexity index is 715. The predicted molar refractivity (Wildman–Crippen MR) is 75.0 cm³/mol. The number of nitrogens with one attached hydrogen (secondary N) is 1. The lowest BCUT2D eigenvalue weighted by molar-refractivity contribution is -0.137. The number of rotatable bonds is 2. The van der Waals surface area contributed by atoms with Crippen LogP contribution in [0.15, 0.2) is 36.4 Å². The van der Waals surface area contributed by atoms with Crippen molar-refractivity contribution in [3.05, 3.63) is 53.1 Å². The molecule has 21 heavy (non-hydrogen) atoms. The van der Waals surface area contributed by atoms with Gasteiger partial charge in [0.25, 0.3) is 0 Å². The molecule has 0 spiro atoms. The van der Waals surface area contributed by atoms with Crippen molar-refractivity contribution in [2.45, 2.75) is 13.1 Å². The third-order valence-corrected chi connectivity index (χ3v) is 3.00. The number of nitrogens with two attached hydrogens (primary N) is 1. The minimum absolute atomic E-state index is 0.270. The molecular weight excluding hydrogens is 279 g/mol. The summed E-state index contributed by atoms with van der Waals surface area (Å²) in [5, 5.41) is 11.9. The summed E-state index contributed by atoms with van der Waals surface area (Å²) < 4.78 is 38.2. The molecule has 0 bridgehead atoms. The highest BCUT2D eigenvalue weighted by atomic mass is 19.4. The molecule has 0 saturated heterocycles. The number of alkyl halides is 3. The first-order valence-electron chi connectivity index (χ1n) is 6.06. The van der Waals surface area contributed by atoms with Gasteiger partial charge in [0.15, 0.2) is 0 Å². The Morgan fingerprint density at radius 1 is 1.10 bits per heavy atom. The lowest BCUT2D eigenvalue weighted by atomic mass is 10.1. The van der Waals surface area contributed by atoms with Crippen molar-refractivity contribution in [2.75, 3.05) is 11.1 Å². The van der Waals surface area contributed by atoms with Gasteiger partial charge < -0.3 is 11.1 Å². The molecule has 3 nitrogen and oxygen atoms in total. The monoisotopic (exact) mass is 291 g/mol. The second-order valence-corrected chi connectivity index (χ2v) is 4.57. The molecule has 2 aromatic carbocycles. The zero-order valence-electron chi connectivity index (χ0n) is 11.1. The Balaban J connectivity index is 2.43. The average Bonchev–Trinajstić information content (AvgIpc) is 2.41. The summed E-state index contributed by atoms with van der Waals surface area (Å²) in [4.78, 5) is 0. The lowest BCUT2D eigenvalue weighted by Gasteiger charge is -2.14. The van der Waals surface area contributed by atoms with E-state index in [1.807, 2.05) is 6.07 Å². The Labute approximate surface area is 119 Å². The van der Waals surface area contributed by atoms with E-state index >= 15 is 0 Å². The minimum Gasteiger partial charge on any atom is -0.399 e. The number of nitrogens with zero attached hydrogens (tertiary/aromatic N) is 1. The van der Waals surface area contributed by atoms with Gasteiger partial charge in [-0.3, -0.25) is 0 Å². The van der Waals surface area contributed by atoms with Crippen LogP contribution < -0.4 is 11.1 Å². The minimum atomic E-state index is -4.41. The number of hydrogen-bond donors (Lipinski definition) is 2. The fourth-order valence-electron chi connectivity index (χ4n) is 1.84. The Morgan fingerprint density at radius 3 is 2.43 bits per heavy atom. The van der Waals surface area contributed by atoms with Crippen LogP contribution in [-0.2, 0) is 6.18 Å². The number of anilines is 3. The summed E-state index contributed by atoms with van der Waals surface area (Å²) in [7, 11) is 0. The van der Waals surface area contributed by atoms with Crippen LogP contribution in [0.3, 0.4) is 0 Å². The third kappa shape index (κ3) is 3.26. The number of aryl methyl sites for hydroxylation is 1. The van der Waals surface area contributed by atoms with Gasteiger partial charge >= 0.3 is 6.18 Å². The SMILES string of the molecule is Cc1ccc(C(F)(F)F)cc1Nc1ccc(N)cc1C#N. The van der Waals surface area contributed by atoms with Crippen LogP contribution in [0.4, 0.5) is 30.2 Å². The van der Waals surface area contributed by atoms with Crippen LogP contribution in [0.1, 0.15) is 16.7 Å². The highest BCUT2D eigenvalue weighted by molar-refractivity contribution is 5.71. The van der Waals surface area contributed by atoms with Crippen LogP contribution in [-0.4, -0.2) is 0 Å². The number of nitrogen functional groups attached to an aromatic ring is 1. The van der Waals surface area contributed by atoms with Crippen LogP contribution in [0.5, 0.6) is 0 Å². The molecule has 108 valence electrons. The summed E-state index contributed by atoms with van der Waals surface area (Å²) in [5.74, 6) is 0. The molecule has 0 aliphatic heterocycles. The molecule has 0 atom stereocenters. The van der Waals surface area contributed by atoms with E-state index in [4.69, 9.17) is 11.0 Å². The topological polar surface area (TPSA) is 61.8 Å². The van der Waals surface area contributed by atoms with Gasteiger partial charge in [0.1, 0.15) is 6.07 Å². The van der Waals surface area contributed by atoms with E-state index < -0.39 is 11.7 Å². The molecule has 0 fully saturated rings. The second-order valence-electron chi connectivity index (χ2n) is 4.57. The van der Waals surface area contributed by atoms with Crippen LogP contribution in [0, 0.1) is 18.3 Å². The van der Waals surface area contributed by atoms with Gasteiger partial charge in [-0.2, -0.15) is 18.4 Å². The molecule has 0 aromatic heterocycles. The summed E-state index contributed by atoms with van der Waals surface area (Å²) in [5.41, 5.74) is 6.87. The van der Waals surface area contributed by atoms with Crippen LogP contribution in [0.2, 0.25) is 0 Å². The largest absolute Gasteiger partial charge is 0.416 e. The first-order chi connectivity index (χ1) is 9.81. The quantitative estimate of drug-likeness (QED) is 0.815. The van der Waals surface area contributed by atoms with Crippen LogP contribution in [0.25, 0.3) is 0 Å². The van der Waals surface area contributed by atoms with E-state index in [1.165, 1.54) is 12.1 Å². The zero-order chi connectivity index (χ0) is 15.6. The van der Waals surface area contributed by atoms with Gasteiger partial charge in [0.05, 0.1) is 16.8 Å². The van der Waals surface area contributed by atoms with Crippen LogP contribution >= 0.6 is 0 Å². The fourth-order valence-corrected chi connectivity index (χ4v) is 1.84. The Hall–Kier alpha value is -2.68. The number of benzene rings is 2. The fraction of sp³-hybridized carbons (Fsp3) is 0.133. The Kier molecular flexibility index (Phi) is 3.76. The Morgan fingerprint density at radius 2 is 1.81 bits per heavy atom. The molecule has 0 saturated carbocycles. The van der Waals surface area contributed by atoms with Gasteiger partial charge in [-0.25, -0.2) is 0 Å². The molecule has 2 rings (SSSR count). The van der Waals surface area contributed by atoms with Gasteiger partial charge in [-0.15, -0.1) is 0 Å². The van der Waals surface area contributed by atoms with E-state index in [1.54, 1.807) is 19.1 Å². The van der Waals surface area contributed by atoms with Gasteiger partial charge in [-0.05, 0) is 42.8 Å².